The van der Waals surface area contributed by atoms with E-state index < -0.39 is 17.6 Å². The summed E-state index contributed by atoms with van der Waals surface area (Å²) in [6.45, 7) is 2.14. The number of nitrogens with zero attached hydrogens (tertiary/aromatic N) is 2. The first-order valence-corrected chi connectivity index (χ1v) is 11.2. The molecule has 1 heterocycles. The number of aromatic nitrogens is 1. The van der Waals surface area contributed by atoms with Crippen LogP contribution in [0.25, 0.3) is 10.2 Å². The van der Waals surface area contributed by atoms with Gasteiger partial charge in [-0.25, -0.2) is 13.8 Å². The van der Waals surface area contributed by atoms with Gasteiger partial charge >= 0.3 is 5.97 Å². The number of carboxylic acid groups (broad SMARTS) is 1. The zero-order valence-corrected chi connectivity index (χ0v) is 17.9. The molecule has 0 unspecified atom stereocenters. The molecule has 0 aliphatic rings. The standard InChI is InChI=1S/C21H20F2N2O3S2/c1-2-11-29-14-5-3-13(4-6-14)25(18(26)9-10-19(27)28)12-17-24-16-8-7-15(22)20(23)21(16)30-17/h3-8H,2,9-12H2,1H3,(H,27,28). The van der Waals surface area contributed by atoms with Crippen molar-refractivity contribution in [2.24, 2.45) is 0 Å². The van der Waals surface area contributed by atoms with Gasteiger partial charge in [0.2, 0.25) is 5.91 Å². The van der Waals surface area contributed by atoms with E-state index in [1.807, 2.05) is 12.1 Å². The summed E-state index contributed by atoms with van der Waals surface area (Å²) in [4.78, 5) is 30.5. The topological polar surface area (TPSA) is 70.5 Å². The Morgan fingerprint density at radius 3 is 2.53 bits per heavy atom. The highest BCUT2D eigenvalue weighted by molar-refractivity contribution is 7.99. The average molecular weight is 451 g/mol. The van der Waals surface area contributed by atoms with Gasteiger partial charge in [-0.2, -0.15) is 0 Å². The van der Waals surface area contributed by atoms with E-state index in [2.05, 4.69) is 11.9 Å². The molecule has 0 aliphatic carbocycles. The molecule has 1 aromatic heterocycles. The second-order valence-electron chi connectivity index (χ2n) is 6.53. The fraction of sp³-hybridized carbons (Fsp3) is 0.286. The Kier molecular flexibility index (Phi) is 7.38. The Morgan fingerprint density at radius 1 is 1.13 bits per heavy atom. The molecule has 158 valence electrons. The third-order valence-corrected chi connectivity index (χ3v) is 6.53. The number of aliphatic carboxylic acids is 1. The fourth-order valence-corrected chi connectivity index (χ4v) is 4.55. The van der Waals surface area contributed by atoms with Crippen LogP contribution in [0.2, 0.25) is 0 Å². The number of hydrogen-bond donors (Lipinski definition) is 1. The highest BCUT2D eigenvalue weighted by Crippen LogP contribution is 2.30. The first kappa shape index (κ1) is 22.2. The SMILES string of the molecule is CCCSc1ccc(N(Cc2nc3ccc(F)c(F)c3s2)C(=O)CCC(=O)O)cc1. The fourth-order valence-electron chi connectivity index (χ4n) is 2.80. The number of carboxylic acids is 1. The second-order valence-corrected chi connectivity index (χ2v) is 8.79. The molecule has 2 aromatic carbocycles. The molecule has 3 aromatic rings. The van der Waals surface area contributed by atoms with E-state index in [1.165, 1.54) is 11.0 Å². The van der Waals surface area contributed by atoms with Crippen molar-refractivity contribution in [3.05, 3.63) is 53.0 Å². The van der Waals surface area contributed by atoms with Crippen LogP contribution in [0.1, 0.15) is 31.2 Å². The van der Waals surface area contributed by atoms with Crippen molar-refractivity contribution in [3.8, 4) is 0 Å². The van der Waals surface area contributed by atoms with Crippen molar-refractivity contribution in [2.45, 2.75) is 37.6 Å². The molecule has 0 saturated carbocycles. The van der Waals surface area contributed by atoms with Gasteiger partial charge < -0.3 is 10.0 Å². The van der Waals surface area contributed by atoms with Gasteiger partial charge in [-0.1, -0.05) is 6.92 Å². The summed E-state index contributed by atoms with van der Waals surface area (Å²) in [7, 11) is 0. The molecule has 0 atom stereocenters. The summed E-state index contributed by atoms with van der Waals surface area (Å²) in [5, 5.41) is 9.35. The third kappa shape index (κ3) is 5.34. The van der Waals surface area contributed by atoms with Crippen LogP contribution in [0.4, 0.5) is 14.5 Å². The van der Waals surface area contributed by atoms with Crippen LogP contribution >= 0.6 is 23.1 Å². The number of benzene rings is 2. The van der Waals surface area contributed by atoms with Gasteiger partial charge in [-0.3, -0.25) is 9.59 Å². The van der Waals surface area contributed by atoms with E-state index in [0.717, 1.165) is 34.5 Å². The number of carbonyl (C=O) groups is 2. The molecule has 3 rings (SSSR count). The minimum atomic E-state index is -1.06. The first-order valence-electron chi connectivity index (χ1n) is 9.37. The summed E-state index contributed by atoms with van der Waals surface area (Å²) in [5.74, 6) is -2.37. The van der Waals surface area contributed by atoms with Gasteiger partial charge in [-0.05, 0) is 48.6 Å². The maximum atomic E-state index is 14.0. The van der Waals surface area contributed by atoms with Crippen LogP contribution in [0.15, 0.2) is 41.3 Å². The smallest absolute Gasteiger partial charge is 0.303 e. The normalized spacial score (nSPS) is 11.0. The Hall–Kier alpha value is -2.52. The zero-order valence-electron chi connectivity index (χ0n) is 16.2. The largest absolute Gasteiger partial charge is 0.481 e. The number of amides is 1. The number of thiazole rings is 1. The summed E-state index contributed by atoms with van der Waals surface area (Å²) >= 11 is 2.68. The Morgan fingerprint density at radius 2 is 1.87 bits per heavy atom. The molecule has 0 bridgehead atoms. The summed E-state index contributed by atoms with van der Waals surface area (Å²) in [6.07, 6.45) is 0.579. The Labute approximate surface area is 180 Å². The molecule has 1 N–H and O–H groups in total. The Balaban J connectivity index is 1.88. The maximum Gasteiger partial charge on any atom is 0.303 e. The minimum absolute atomic E-state index is 0.0420. The molecule has 0 spiro atoms. The molecule has 0 fully saturated rings. The minimum Gasteiger partial charge on any atom is -0.481 e. The van der Waals surface area contributed by atoms with Crippen LogP contribution in [0, 0.1) is 11.6 Å². The van der Waals surface area contributed by atoms with Gasteiger partial charge in [0.15, 0.2) is 11.6 Å². The highest BCUT2D eigenvalue weighted by atomic mass is 32.2. The van der Waals surface area contributed by atoms with Crippen molar-refractivity contribution < 1.29 is 23.5 Å². The summed E-state index contributed by atoms with van der Waals surface area (Å²) in [5.41, 5.74) is 0.912. The Bertz CT molecular complexity index is 1050. The molecule has 0 radical (unpaired) electrons. The highest BCUT2D eigenvalue weighted by Gasteiger charge is 2.20. The number of carbonyl (C=O) groups excluding carboxylic acids is 1. The molecule has 5 nitrogen and oxygen atoms in total. The predicted octanol–water partition coefficient (Wildman–Crippen LogP) is 5.47. The molecule has 0 saturated heterocycles. The lowest BCUT2D eigenvalue weighted by Gasteiger charge is -2.22. The molecule has 30 heavy (non-hydrogen) atoms. The third-order valence-electron chi connectivity index (χ3n) is 4.26. The summed E-state index contributed by atoms with van der Waals surface area (Å²) in [6, 6.07) is 9.81. The molecule has 9 heteroatoms. The lowest BCUT2D eigenvalue weighted by atomic mass is 10.2. The zero-order chi connectivity index (χ0) is 21.7. The van der Waals surface area contributed by atoms with Crippen LogP contribution in [-0.2, 0) is 16.1 Å². The molecule has 0 aliphatic heterocycles. The van der Waals surface area contributed by atoms with E-state index in [1.54, 1.807) is 23.9 Å². The van der Waals surface area contributed by atoms with E-state index in [0.29, 0.717) is 16.2 Å². The average Bonchev–Trinajstić information content (AvgIpc) is 3.15. The van der Waals surface area contributed by atoms with E-state index in [9.17, 15) is 18.4 Å². The molecular formula is C21H20F2N2O3S2. The van der Waals surface area contributed by atoms with E-state index in [-0.39, 0.29) is 30.0 Å². The van der Waals surface area contributed by atoms with Crippen LogP contribution < -0.4 is 4.90 Å². The van der Waals surface area contributed by atoms with Crippen LogP contribution in [0.5, 0.6) is 0 Å². The van der Waals surface area contributed by atoms with Gasteiger partial charge in [0.05, 0.1) is 23.2 Å². The van der Waals surface area contributed by atoms with E-state index >= 15 is 0 Å². The van der Waals surface area contributed by atoms with Crippen molar-refractivity contribution >= 4 is 50.9 Å². The monoisotopic (exact) mass is 450 g/mol. The molecule has 1 amide bonds. The van der Waals surface area contributed by atoms with Crippen molar-refractivity contribution in [1.82, 2.24) is 4.98 Å². The van der Waals surface area contributed by atoms with Gasteiger partial charge in [0.1, 0.15) is 5.01 Å². The van der Waals surface area contributed by atoms with Crippen molar-refractivity contribution in [2.75, 3.05) is 10.7 Å². The summed E-state index contributed by atoms with van der Waals surface area (Å²) < 4.78 is 27.6. The lowest BCUT2D eigenvalue weighted by molar-refractivity contribution is -0.138. The van der Waals surface area contributed by atoms with Crippen molar-refractivity contribution in [3.63, 3.8) is 0 Å². The number of fused-ring (bicyclic) bond motifs is 1. The quantitative estimate of drug-likeness (QED) is 0.438. The number of hydrogen-bond acceptors (Lipinski definition) is 5. The van der Waals surface area contributed by atoms with Gasteiger partial charge in [0, 0.05) is 17.0 Å². The molecular weight excluding hydrogens is 430 g/mol. The van der Waals surface area contributed by atoms with Crippen LogP contribution in [-0.4, -0.2) is 27.7 Å². The van der Waals surface area contributed by atoms with Gasteiger partial charge in [0.25, 0.3) is 0 Å². The number of halogens is 2. The van der Waals surface area contributed by atoms with Gasteiger partial charge in [-0.15, -0.1) is 23.1 Å². The van der Waals surface area contributed by atoms with Crippen LogP contribution in [0.3, 0.4) is 0 Å². The first-order chi connectivity index (χ1) is 14.4. The number of rotatable bonds is 9. The number of thioether (sulfide) groups is 1. The second kappa shape index (κ2) is 9.99. The maximum absolute atomic E-state index is 14.0. The predicted molar refractivity (Wildman–Crippen MR) is 115 cm³/mol. The van der Waals surface area contributed by atoms with E-state index in [4.69, 9.17) is 5.11 Å². The lowest BCUT2D eigenvalue weighted by Crippen LogP contribution is -2.30. The van der Waals surface area contributed by atoms with Crippen molar-refractivity contribution in [1.29, 1.82) is 0 Å². The number of anilines is 1.